The van der Waals surface area contributed by atoms with Crippen LogP contribution in [0.25, 0.3) is 0 Å². The maximum Gasteiger partial charge on any atom is 0.126 e. The van der Waals surface area contributed by atoms with Crippen LogP contribution in [0.3, 0.4) is 0 Å². The zero-order valence-corrected chi connectivity index (χ0v) is 101. The van der Waals surface area contributed by atoms with Crippen LogP contribution in [0.4, 0.5) is 0 Å². The van der Waals surface area contributed by atoms with Crippen molar-refractivity contribution in [2.75, 3.05) is 13.2 Å². The number of fused-ring (bicyclic) bond motifs is 13. The zero-order chi connectivity index (χ0) is 104. The first-order valence-electron chi connectivity index (χ1n) is 65.3. The van der Waals surface area contributed by atoms with Gasteiger partial charge in [-0.2, -0.15) is 0 Å². The van der Waals surface area contributed by atoms with Crippen molar-refractivity contribution in [1.82, 2.24) is 0 Å². The van der Waals surface area contributed by atoms with E-state index in [0.29, 0.717) is 105 Å². The van der Waals surface area contributed by atoms with E-state index in [4.69, 9.17) is 0 Å². The summed E-state index contributed by atoms with van der Waals surface area (Å²) in [4.78, 5) is 0. The summed E-state index contributed by atoms with van der Waals surface area (Å²) in [6.45, 7) is 73.2. The molecule has 26 bridgehead atoms. The topological polar surface area (TPSA) is 27.7 Å². The molecular weight excluding hydrogens is 1800 g/mol. The molecule has 0 N–H and O–H groups in total. The van der Waals surface area contributed by atoms with Crippen LogP contribution in [0.1, 0.15) is 488 Å². The first kappa shape index (κ1) is 105. The van der Waals surface area contributed by atoms with E-state index in [0.717, 1.165) is 187 Å². The number of allylic oxidation sites excluding steroid dienone is 23. The lowest BCUT2D eigenvalue weighted by Gasteiger charge is -2.69. The summed E-state index contributed by atoms with van der Waals surface area (Å²) in [5, 5.41) is 0. The van der Waals surface area contributed by atoms with Crippen LogP contribution in [0.2, 0.25) is 0 Å². The number of ether oxygens (including phenoxy) is 3. The van der Waals surface area contributed by atoms with Crippen molar-refractivity contribution in [2.24, 2.45) is 230 Å². The summed E-state index contributed by atoms with van der Waals surface area (Å²) in [5.41, 5.74) is 25.6. The van der Waals surface area contributed by atoms with Crippen LogP contribution in [0.15, 0.2) is 151 Å². The fourth-order valence-electron chi connectivity index (χ4n) is 45.6. The molecule has 0 aromatic rings. The monoisotopic (exact) mass is 2020 g/mol. The Kier molecular flexibility index (Phi) is 24.9. The largest absolute Gasteiger partial charge is 0.372 e. The van der Waals surface area contributed by atoms with Crippen LogP contribution in [0, 0.1) is 230 Å². The van der Waals surface area contributed by atoms with E-state index in [-0.39, 0.29) is 54.1 Å². The van der Waals surface area contributed by atoms with Crippen molar-refractivity contribution in [3.05, 3.63) is 151 Å². The summed E-state index contributed by atoms with van der Waals surface area (Å²) in [6.07, 6.45) is 93.2. The Morgan fingerprint density at radius 2 is 0.376 bits per heavy atom. The second-order valence-corrected chi connectivity index (χ2v) is 67.6. The van der Waals surface area contributed by atoms with Crippen molar-refractivity contribution in [3.8, 4) is 0 Å². The molecule has 0 amide bonds. The first-order chi connectivity index (χ1) is 70.3. The molecule has 39 rings (SSSR count). The van der Waals surface area contributed by atoms with Crippen molar-refractivity contribution >= 4 is 0 Å². The molecule has 13 fully saturated rings. The average molecular weight is 2020 g/mol. The number of rotatable bonds is 44. The van der Waals surface area contributed by atoms with Crippen LogP contribution in [-0.2, 0) is 14.2 Å². The Hall–Kier alpha value is -3.50. The Morgan fingerprint density at radius 1 is 0.188 bits per heavy atom. The van der Waals surface area contributed by atoms with Gasteiger partial charge in [-0.15, -0.1) is 0 Å². The second-order valence-electron chi connectivity index (χ2n) is 67.6. The van der Waals surface area contributed by atoms with Gasteiger partial charge < -0.3 is 14.2 Å². The minimum absolute atomic E-state index is 0.145. The molecule has 0 aromatic heterocycles. The Morgan fingerprint density at radius 3 is 0.604 bits per heavy atom. The molecule has 0 aromatic carbocycles. The van der Waals surface area contributed by atoms with Gasteiger partial charge in [-0.3, -0.25) is 0 Å². The molecule has 3 nitrogen and oxygen atoms in total. The molecule has 3 heteroatoms. The fraction of sp³-hybridized carbons (Fsp3) is 0.822. The molecule has 0 aliphatic heterocycles. The minimum atomic E-state index is -0.976. The maximum atomic E-state index is 11.8. The normalized spacial score (nSPS) is 42.0. The summed E-state index contributed by atoms with van der Waals surface area (Å²) in [5.74, 6) is 17.7. The molecule has 818 valence electrons. The third kappa shape index (κ3) is 15.4. The van der Waals surface area contributed by atoms with Crippen molar-refractivity contribution in [1.29, 1.82) is 0 Å². The summed E-state index contributed by atoms with van der Waals surface area (Å²) < 4.78 is 32.2. The molecule has 0 saturated heterocycles. The minimum Gasteiger partial charge on any atom is -0.372 e. The van der Waals surface area contributed by atoms with E-state index in [1.165, 1.54) is 205 Å². The van der Waals surface area contributed by atoms with Crippen LogP contribution in [0.5, 0.6) is 0 Å². The third-order valence-corrected chi connectivity index (χ3v) is 59.5. The SMILES string of the molecule is CC1(C)C2CC=C(CCOC(CCC3=CCC4CC3C4(C)C)(CCC3=CCC4CC3C4(C)C)C(CCC3=CCC4CC3C4(C)C)(OCCC3=CCC4CC3C4(C)C)C(CCC3=CCC4CC3C4(C)C)(CCC3=CCC4CC3C4(C)C)OC(CCC3=CCC4CC3C4(C)C)(CCC3=CCC4CC3C4(C)C)C(CCC3=CCC4CC3C4(C)C)(CCC3=CCC4CC3C4(C)C)C3=C(CCC4=CCC5CC4C5(C)C)CC4CC3C4(C)C)C1C2. The van der Waals surface area contributed by atoms with E-state index in [2.05, 4.69) is 259 Å². The molecule has 0 heterocycles. The quantitative estimate of drug-likeness (QED) is 0.0569. The highest BCUT2D eigenvalue weighted by Gasteiger charge is 2.74. The molecule has 149 heavy (non-hydrogen) atoms. The molecule has 27 unspecified atom stereocenters. The fourth-order valence-corrected chi connectivity index (χ4v) is 45.6. The van der Waals surface area contributed by atoms with Gasteiger partial charge in [-0.25, -0.2) is 0 Å². The van der Waals surface area contributed by atoms with Gasteiger partial charge in [-0.1, -0.05) is 331 Å². The van der Waals surface area contributed by atoms with E-state index >= 15 is 0 Å². The van der Waals surface area contributed by atoms with Gasteiger partial charge in [0.1, 0.15) is 16.8 Å². The van der Waals surface area contributed by atoms with Crippen LogP contribution >= 0.6 is 0 Å². The summed E-state index contributed by atoms with van der Waals surface area (Å²) in [7, 11) is 0. The molecule has 39 aliphatic carbocycles. The molecule has 0 radical (unpaired) electrons. The molecule has 27 atom stereocenters. The predicted octanol–water partition coefficient (Wildman–Crippen LogP) is 39.8. The van der Waals surface area contributed by atoms with Gasteiger partial charge in [0.25, 0.3) is 0 Å². The maximum absolute atomic E-state index is 11.8. The molecule has 13 saturated carbocycles. The predicted molar refractivity (Wildman–Crippen MR) is 622 cm³/mol. The van der Waals surface area contributed by atoms with Gasteiger partial charge in [0, 0.05) is 5.41 Å². The highest BCUT2D eigenvalue weighted by Crippen LogP contribution is 2.78. The third-order valence-electron chi connectivity index (χ3n) is 59.5. The Labute approximate surface area is 912 Å². The summed E-state index contributed by atoms with van der Waals surface area (Å²) >= 11 is 0. The van der Waals surface area contributed by atoms with Crippen LogP contribution in [-0.4, -0.2) is 35.6 Å². The smallest absolute Gasteiger partial charge is 0.126 e. The highest BCUT2D eigenvalue weighted by atomic mass is 16.6. The van der Waals surface area contributed by atoms with E-state index in [1.54, 1.807) is 27.9 Å². The lowest BCUT2D eigenvalue weighted by molar-refractivity contribution is -0.343. The van der Waals surface area contributed by atoms with E-state index in [9.17, 15) is 14.2 Å². The van der Waals surface area contributed by atoms with Gasteiger partial charge in [0.05, 0.1) is 18.8 Å². The first-order valence-corrected chi connectivity index (χ1v) is 65.3. The standard InChI is InChI=1S/C146H216O3/c1-129(2)102-41-29-89(115(129)76-102)27-28-101-75-114-88-127(141(114,25)26)128(101)142(64-53-90-30-42-103-77-116(90)130(103,3)4,65-54-91-31-43-104-78-117(91)131(104,5)6)143(66-55-92-32-44-105-79-118(92)132(105,7)8,67-56-93-33-45-106-80-119(93)133(106,9)10)149-145(70-59-96-36-48-109-83-122(96)136(109,15)16,71-60-97-37-49-110-84-123(97)137(110,17)18)146(72-61-98-38-50-111-85-124(98)138(111,19)20,148-74-63-100-40-52-113-87-126(100)140(113,23)24)144(68-57-94-34-46-107-81-120(94)134(107,11)12,69-58-95-35-47-108-82-121(95)135(108,13)14)147-73-62-99-39-51-112-86-125(99)139(112,21)22/h29-40,102-127H,27-28,41-88H2,1-26H3. The van der Waals surface area contributed by atoms with Gasteiger partial charge in [0.2, 0.25) is 0 Å². The van der Waals surface area contributed by atoms with E-state index < -0.39 is 22.4 Å². The Bertz CT molecular complexity index is 5520. The lowest BCUT2D eigenvalue weighted by atomic mass is 9.40. The van der Waals surface area contributed by atoms with Crippen molar-refractivity contribution in [3.63, 3.8) is 0 Å². The number of hydrogen-bond acceptors (Lipinski definition) is 3. The van der Waals surface area contributed by atoms with Gasteiger partial charge in [-0.05, 0) is 532 Å². The Balaban J connectivity index is 0.795. The second kappa shape index (κ2) is 35.5. The van der Waals surface area contributed by atoms with Gasteiger partial charge in [0.15, 0.2) is 0 Å². The summed E-state index contributed by atoms with van der Waals surface area (Å²) in [6, 6.07) is 0. The molecule has 0 spiro atoms. The van der Waals surface area contributed by atoms with Crippen molar-refractivity contribution < 1.29 is 14.2 Å². The van der Waals surface area contributed by atoms with Crippen molar-refractivity contribution in [2.45, 2.75) is 511 Å². The molecular formula is C146H216O3. The van der Waals surface area contributed by atoms with E-state index in [1.807, 2.05) is 44.6 Å². The lowest BCUT2D eigenvalue weighted by Crippen LogP contribution is -2.74. The van der Waals surface area contributed by atoms with Crippen LogP contribution < -0.4 is 0 Å². The number of hydrogen-bond donors (Lipinski definition) is 0. The van der Waals surface area contributed by atoms with Gasteiger partial charge >= 0.3 is 0 Å². The highest BCUT2D eigenvalue weighted by molar-refractivity contribution is 5.45. The molecule has 39 aliphatic rings. The zero-order valence-electron chi connectivity index (χ0n) is 101. The average Bonchev–Trinajstić information content (AvgIpc) is 0.673.